The molecule has 2 N–H and O–H groups in total. The molecule has 2 atom stereocenters. The quantitative estimate of drug-likeness (QED) is 0.369. The van der Waals surface area contributed by atoms with E-state index in [1.54, 1.807) is 43.9 Å². The van der Waals surface area contributed by atoms with E-state index in [2.05, 4.69) is 20.4 Å². The first-order chi connectivity index (χ1) is 23.2. The van der Waals surface area contributed by atoms with Gasteiger partial charge in [-0.25, -0.2) is 9.18 Å². The van der Waals surface area contributed by atoms with Crippen molar-refractivity contribution >= 4 is 23.7 Å². The lowest BCUT2D eigenvalue weighted by Gasteiger charge is -2.49. The minimum Gasteiger partial charge on any atom is -0.444 e. The van der Waals surface area contributed by atoms with Gasteiger partial charge in [-0.2, -0.15) is 0 Å². The predicted octanol–water partition coefficient (Wildman–Crippen LogP) is 3.78. The number of fused-ring (bicyclic) bond motifs is 1. The van der Waals surface area contributed by atoms with Gasteiger partial charge in [0.15, 0.2) is 5.78 Å². The third-order valence-electron chi connectivity index (χ3n) is 9.09. The standard InChI is InChI=1S/C37H48FN5O6/c1-35(2,3)49-34(47)40-36(4,5)33(46)39-29(24-48-23-27-11-7-6-8-12-27)32(45)42-19-20-43-31(41-17-9-10-18-41)21-30(44)37(43,25-42)22-26-13-15-28(38)16-14-26/h6-8,11-16,21,29H,9-10,17-20,22-25H2,1-5H3,(H,39,46)(H,40,47)/t29-,37+/m1/s1. The van der Waals surface area contributed by atoms with Crippen LogP contribution in [0, 0.1) is 5.82 Å². The number of carbonyl (C=O) groups is 4. The van der Waals surface area contributed by atoms with Crippen molar-refractivity contribution in [2.75, 3.05) is 39.3 Å². The number of amides is 3. The smallest absolute Gasteiger partial charge is 0.408 e. The van der Waals surface area contributed by atoms with Gasteiger partial charge in [0.05, 0.1) is 19.8 Å². The Labute approximate surface area is 287 Å². The van der Waals surface area contributed by atoms with Crippen molar-refractivity contribution < 1.29 is 33.0 Å². The van der Waals surface area contributed by atoms with E-state index in [-0.39, 0.29) is 37.8 Å². The summed E-state index contributed by atoms with van der Waals surface area (Å²) in [4.78, 5) is 60.6. The van der Waals surface area contributed by atoms with Crippen LogP contribution in [0.5, 0.6) is 0 Å². The van der Waals surface area contributed by atoms with E-state index in [0.29, 0.717) is 13.1 Å². The van der Waals surface area contributed by atoms with Crippen LogP contribution in [0.25, 0.3) is 0 Å². The van der Waals surface area contributed by atoms with Crippen LogP contribution in [0.15, 0.2) is 66.5 Å². The van der Waals surface area contributed by atoms with Crippen molar-refractivity contribution in [1.29, 1.82) is 0 Å². The third kappa shape index (κ3) is 8.59. The number of halogens is 1. The van der Waals surface area contributed by atoms with Gasteiger partial charge < -0.3 is 34.8 Å². The van der Waals surface area contributed by atoms with Crippen molar-refractivity contribution in [2.45, 2.75) is 83.2 Å². The average Bonchev–Trinajstić information content (AvgIpc) is 3.67. The van der Waals surface area contributed by atoms with Crippen molar-refractivity contribution in [3.63, 3.8) is 0 Å². The summed E-state index contributed by atoms with van der Waals surface area (Å²) < 4.78 is 25.2. The summed E-state index contributed by atoms with van der Waals surface area (Å²) in [6, 6.07) is 14.4. The van der Waals surface area contributed by atoms with Gasteiger partial charge in [0.2, 0.25) is 11.8 Å². The number of piperazine rings is 1. The molecule has 2 fully saturated rings. The van der Waals surface area contributed by atoms with Crippen molar-refractivity contribution in [3.05, 3.63) is 83.4 Å². The fraction of sp³-hybridized carbons (Fsp3) is 0.514. The molecule has 0 unspecified atom stereocenters. The van der Waals surface area contributed by atoms with Crippen LogP contribution in [0.4, 0.5) is 9.18 Å². The molecule has 11 nitrogen and oxygen atoms in total. The Morgan fingerprint density at radius 3 is 2.24 bits per heavy atom. The third-order valence-corrected chi connectivity index (χ3v) is 9.09. The normalized spacial score (nSPS) is 20.1. The Hall–Kier alpha value is -4.45. The Bertz CT molecular complexity index is 1550. The Balaban J connectivity index is 1.38. The Morgan fingerprint density at radius 1 is 0.918 bits per heavy atom. The second kappa shape index (κ2) is 14.6. The summed E-state index contributed by atoms with van der Waals surface area (Å²) in [7, 11) is 0. The summed E-state index contributed by atoms with van der Waals surface area (Å²) >= 11 is 0. The summed E-state index contributed by atoms with van der Waals surface area (Å²) in [5, 5.41) is 5.41. The number of rotatable bonds is 11. The van der Waals surface area contributed by atoms with E-state index in [1.807, 2.05) is 30.3 Å². The lowest BCUT2D eigenvalue weighted by molar-refractivity contribution is -0.145. The van der Waals surface area contributed by atoms with Gasteiger partial charge in [-0.15, -0.1) is 0 Å². The maximum Gasteiger partial charge on any atom is 0.408 e. The fourth-order valence-electron chi connectivity index (χ4n) is 6.58. The number of nitrogens with zero attached hydrogens (tertiary/aromatic N) is 3. The van der Waals surface area contributed by atoms with Crippen LogP contribution in [0.3, 0.4) is 0 Å². The van der Waals surface area contributed by atoms with E-state index in [0.717, 1.165) is 42.9 Å². The highest BCUT2D eigenvalue weighted by molar-refractivity contribution is 6.02. The molecule has 0 bridgehead atoms. The van der Waals surface area contributed by atoms with Crippen LogP contribution >= 0.6 is 0 Å². The molecule has 3 amide bonds. The van der Waals surface area contributed by atoms with Crippen molar-refractivity contribution in [2.24, 2.45) is 0 Å². The number of hydrogen-bond acceptors (Lipinski definition) is 8. The highest BCUT2D eigenvalue weighted by atomic mass is 19.1. The minimum absolute atomic E-state index is 0.0699. The number of ether oxygens (including phenoxy) is 2. The maximum atomic E-state index is 14.4. The molecule has 0 aromatic heterocycles. The lowest BCUT2D eigenvalue weighted by Crippen LogP contribution is -2.68. The number of nitrogens with one attached hydrogen (secondary N) is 2. The van der Waals surface area contributed by atoms with Crippen molar-refractivity contribution in [1.82, 2.24) is 25.3 Å². The van der Waals surface area contributed by atoms with E-state index in [1.165, 1.54) is 26.0 Å². The van der Waals surface area contributed by atoms with Gasteiger partial charge in [0.25, 0.3) is 0 Å². The second-order valence-electron chi connectivity index (χ2n) is 14.6. The largest absolute Gasteiger partial charge is 0.444 e. The van der Waals surface area contributed by atoms with Crippen LogP contribution in [0.2, 0.25) is 0 Å². The fourth-order valence-corrected chi connectivity index (χ4v) is 6.58. The van der Waals surface area contributed by atoms with E-state index < -0.39 is 40.6 Å². The van der Waals surface area contributed by atoms with Crippen LogP contribution < -0.4 is 10.6 Å². The predicted molar refractivity (Wildman–Crippen MR) is 181 cm³/mol. The molecule has 49 heavy (non-hydrogen) atoms. The van der Waals surface area contributed by atoms with E-state index in [4.69, 9.17) is 9.47 Å². The van der Waals surface area contributed by atoms with Gasteiger partial charge >= 0.3 is 6.09 Å². The summed E-state index contributed by atoms with van der Waals surface area (Å²) in [6.07, 6.45) is 3.28. The molecule has 0 aliphatic carbocycles. The number of benzene rings is 2. The average molecular weight is 678 g/mol. The SMILES string of the molecule is CC(C)(C)OC(=O)NC(C)(C)C(=O)N[C@H](COCc1ccccc1)C(=O)N1CCN2C(N3CCCC3)=CC(=O)[C@]2(Cc2ccc(F)cc2)C1. The molecule has 5 rings (SSSR count). The summed E-state index contributed by atoms with van der Waals surface area (Å²) in [5.74, 6) is -0.627. The molecular formula is C37H48FN5O6. The van der Waals surface area contributed by atoms with Crippen LogP contribution in [-0.2, 0) is 36.9 Å². The molecule has 3 aliphatic heterocycles. The molecule has 264 valence electrons. The highest BCUT2D eigenvalue weighted by Gasteiger charge is 2.54. The molecule has 3 aliphatic rings. The summed E-state index contributed by atoms with van der Waals surface area (Å²) in [6.45, 7) is 10.8. The molecule has 2 saturated heterocycles. The first-order valence-corrected chi connectivity index (χ1v) is 16.9. The zero-order valence-corrected chi connectivity index (χ0v) is 29.1. The molecular weight excluding hydrogens is 629 g/mol. The first kappa shape index (κ1) is 35.8. The molecule has 3 heterocycles. The maximum absolute atomic E-state index is 14.4. The zero-order valence-electron chi connectivity index (χ0n) is 29.1. The lowest BCUT2D eigenvalue weighted by atomic mass is 9.84. The zero-order chi connectivity index (χ0) is 35.4. The second-order valence-corrected chi connectivity index (χ2v) is 14.6. The highest BCUT2D eigenvalue weighted by Crippen LogP contribution is 2.38. The van der Waals surface area contributed by atoms with Gasteiger partial charge in [0, 0.05) is 38.7 Å². The summed E-state index contributed by atoms with van der Waals surface area (Å²) in [5.41, 5.74) is -1.63. The van der Waals surface area contributed by atoms with Crippen molar-refractivity contribution in [3.8, 4) is 0 Å². The molecule has 2 aromatic carbocycles. The van der Waals surface area contributed by atoms with Gasteiger partial charge in [0.1, 0.15) is 34.4 Å². The monoisotopic (exact) mass is 677 g/mol. The topological polar surface area (TPSA) is 121 Å². The van der Waals surface area contributed by atoms with Crippen LogP contribution in [-0.4, -0.2) is 100 Å². The van der Waals surface area contributed by atoms with Gasteiger partial charge in [-0.3, -0.25) is 14.4 Å². The molecule has 12 heteroatoms. The number of likely N-dealkylation sites (tertiary alicyclic amines) is 1. The minimum atomic E-state index is -1.43. The molecule has 2 aromatic rings. The number of ketones is 1. The molecule has 0 radical (unpaired) electrons. The van der Waals surface area contributed by atoms with Gasteiger partial charge in [-0.1, -0.05) is 42.5 Å². The molecule has 0 saturated carbocycles. The van der Waals surface area contributed by atoms with Crippen LogP contribution in [0.1, 0.15) is 58.6 Å². The Morgan fingerprint density at radius 2 is 1.59 bits per heavy atom. The number of carbonyl (C=O) groups excluding carboxylic acids is 4. The number of hydrogen-bond donors (Lipinski definition) is 2. The molecule has 0 spiro atoms. The first-order valence-electron chi connectivity index (χ1n) is 16.9. The van der Waals surface area contributed by atoms with Gasteiger partial charge in [-0.05, 0) is 70.7 Å². The Kier molecular flexibility index (Phi) is 10.7. The van der Waals surface area contributed by atoms with E-state index >= 15 is 0 Å². The van der Waals surface area contributed by atoms with E-state index in [9.17, 15) is 23.6 Å². The number of alkyl carbamates (subject to hydrolysis) is 1.